The van der Waals surface area contributed by atoms with Gasteiger partial charge in [-0.3, -0.25) is 4.79 Å². The molecule has 1 aliphatic carbocycles. The molecule has 0 bridgehead atoms. The van der Waals surface area contributed by atoms with E-state index in [1.54, 1.807) is 0 Å². The zero-order valence-corrected chi connectivity index (χ0v) is 16.1. The Balaban J connectivity index is 2.07. The molecule has 8 nitrogen and oxygen atoms in total. The van der Waals surface area contributed by atoms with Gasteiger partial charge in [-0.25, -0.2) is 17.5 Å². The molecular formula is C17H24N2O6S. The van der Waals surface area contributed by atoms with E-state index in [9.17, 15) is 18.0 Å². The fourth-order valence-corrected chi connectivity index (χ4v) is 3.50. The maximum Gasteiger partial charge on any atom is 0.338 e. The van der Waals surface area contributed by atoms with Crippen molar-refractivity contribution in [2.75, 3.05) is 27.8 Å². The maximum atomic E-state index is 12.4. The Hall–Kier alpha value is -2.13. The summed E-state index contributed by atoms with van der Waals surface area (Å²) in [4.78, 5) is 23.9. The Kier molecular flexibility index (Phi) is 6.25. The van der Waals surface area contributed by atoms with Crippen LogP contribution in [0.5, 0.6) is 5.75 Å². The van der Waals surface area contributed by atoms with E-state index in [-0.39, 0.29) is 28.2 Å². The molecule has 1 atom stereocenters. The zero-order valence-electron chi connectivity index (χ0n) is 15.3. The SMILES string of the molecule is COc1ccc(C(=O)OCC(=O)N[C@@H](C)C2CC2)cc1S(=O)(=O)N(C)C. The van der Waals surface area contributed by atoms with Crippen LogP contribution in [0.3, 0.4) is 0 Å². The van der Waals surface area contributed by atoms with Crippen LogP contribution in [0.25, 0.3) is 0 Å². The standard InChI is InChI=1S/C17H24N2O6S/c1-11(12-5-6-12)18-16(20)10-25-17(21)13-7-8-14(24-4)15(9-13)26(22,23)19(2)3/h7-9,11-12H,5-6,10H2,1-4H3,(H,18,20)/t11-/m0/s1. The predicted molar refractivity (Wildman–Crippen MR) is 94.5 cm³/mol. The summed E-state index contributed by atoms with van der Waals surface area (Å²) in [5, 5.41) is 2.78. The summed E-state index contributed by atoms with van der Waals surface area (Å²) in [7, 11) is 0.297. The van der Waals surface area contributed by atoms with E-state index in [1.165, 1.54) is 39.4 Å². The smallest absolute Gasteiger partial charge is 0.338 e. The van der Waals surface area contributed by atoms with Crippen molar-refractivity contribution in [2.45, 2.75) is 30.7 Å². The fourth-order valence-electron chi connectivity index (χ4n) is 2.43. The Bertz CT molecular complexity index is 786. The normalized spacial score (nSPS) is 15.4. The van der Waals surface area contributed by atoms with Crippen LogP contribution in [0.2, 0.25) is 0 Å². The number of hydrogen-bond donors (Lipinski definition) is 1. The van der Waals surface area contributed by atoms with Gasteiger partial charge in [0.2, 0.25) is 10.0 Å². The average molecular weight is 384 g/mol. The molecule has 1 aromatic carbocycles. The van der Waals surface area contributed by atoms with Gasteiger partial charge in [-0.15, -0.1) is 0 Å². The predicted octanol–water partition coefficient (Wildman–Crippen LogP) is 1.02. The molecule has 0 spiro atoms. The molecular weight excluding hydrogens is 360 g/mol. The molecule has 1 fully saturated rings. The molecule has 0 radical (unpaired) electrons. The molecule has 0 saturated heterocycles. The van der Waals surface area contributed by atoms with Gasteiger partial charge < -0.3 is 14.8 Å². The number of methoxy groups -OCH3 is 1. The van der Waals surface area contributed by atoms with Crippen LogP contribution in [0.4, 0.5) is 0 Å². The van der Waals surface area contributed by atoms with E-state index in [4.69, 9.17) is 9.47 Å². The Morgan fingerprint density at radius 1 is 1.31 bits per heavy atom. The highest BCUT2D eigenvalue weighted by Gasteiger charge is 2.29. The summed E-state index contributed by atoms with van der Waals surface area (Å²) in [6.45, 7) is 1.50. The third-order valence-corrected chi connectivity index (χ3v) is 6.05. The summed E-state index contributed by atoms with van der Waals surface area (Å²) >= 11 is 0. The van der Waals surface area contributed by atoms with Crippen molar-refractivity contribution in [1.82, 2.24) is 9.62 Å². The molecule has 1 aliphatic rings. The number of sulfonamides is 1. The number of ether oxygens (including phenoxy) is 2. The van der Waals surface area contributed by atoms with Crippen LogP contribution in [-0.4, -0.2) is 58.5 Å². The van der Waals surface area contributed by atoms with Gasteiger partial charge >= 0.3 is 5.97 Å². The van der Waals surface area contributed by atoms with E-state index in [2.05, 4.69) is 5.32 Å². The highest BCUT2D eigenvalue weighted by Crippen LogP contribution is 2.32. The third-order valence-electron chi connectivity index (χ3n) is 4.21. The van der Waals surface area contributed by atoms with Gasteiger partial charge in [0, 0.05) is 20.1 Å². The number of benzene rings is 1. The fraction of sp³-hybridized carbons (Fsp3) is 0.529. The van der Waals surface area contributed by atoms with E-state index < -0.39 is 22.6 Å². The molecule has 0 unspecified atom stereocenters. The lowest BCUT2D eigenvalue weighted by molar-refractivity contribution is -0.124. The zero-order chi connectivity index (χ0) is 19.5. The molecule has 1 saturated carbocycles. The van der Waals surface area contributed by atoms with Gasteiger partial charge in [-0.1, -0.05) is 0 Å². The van der Waals surface area contributed by atoms with Crippen molar-refractivity contribution in [2.24, 2.45) is 5.92 Å². The second-order valence-corrected chi connectivity index (χ2v) is 8.54. The average Bonchev–Trinajstić information content (AvgIpc) is 3.44. The molecule has 1 aromatic rings. The number of carbonyl (C=O) groups excluding carboxylic acids is 2. The lowest BCUT2D eigenvalue weighted by Crippen LogP contribution is -2.37. The van der Waals surface area contributed by atoms with Crippen LogP contribution < -0.4 is 10.1 Å². The lowest BCUT2D eigenvalue weighted by atomic mass is 10.2. The number of nitrogens with one attached hydrogen (secondary N) is 1. The van der Waals surface area contributed by atoms with Crippen LogP contribution in [0.15, 0.2) is 23.1 Å². The maximum absolute atomic E-state index is 12.4. The molecule has 26 heavy (non-hydrogen) atoms. The quantitative estimate of drug-likeness (QED) is 0.672. The van der Waals surface area contributed by atoms with E-state index in [0.717, 1.165) is 17.1 Å². The highest BCUT2D eigenvalue weighted by atomic mass is 32.2. The number of hydrogen-bond acceptors (Lipinski definition) is 6. The van der Waals surface area contributed by atoms with Crippen molar-refractivity contribution in [3.8, 4) is 5.75 Å². The summed E-state index contributed by atoms with van der Waals surface area (Å²) in [5.41, 5.74) is 0.0225. The first-order valence-corrected chi connectivity index (χ1v) is 9.68. The molecule has 9 heteroatoms. The molecule has 0 aliphatic heterocycles. The third kappa shape index (κ3) is 4.73. The summed E-state index contributed by atoms with van der Waals surface area (Å²) in [5.74, 6) is -0.550. The lowest BCUT2D eigenvalue weighted by Gasteiger charge is -2.15. The Labute approximate surface area is 153 Å². The van der Waals surface area contributed by atoms with Crippen molar-refractivity contribution in [3.05, 3.63) is 23.8 Å². The van der Waals surface area contributed by atoms with Crippen molar-refractivity contribution in [1.29, 1.82) is 0 Å². The van der Waals surface area contributed by atoms with Gasteiger partial charge in [0.05, 0.1) is 12.7 Å². The van der Waals surface area contributed by atoms with E-state index in [0.29, 0.717) is 5.92 Å². The topological polar surface area (TPSA) is 102 Å². The number of nitrogens with zero attached hydrogens (tertiary/aromatic N) is 1. The van der Waals surface area contributed by atoms with E-state index in [1.807, 2.05) is 6.92 Å². The van der Waals surface area contributed by atoms with Crippen molar-refractivity contribution < 1.29 is 27.5 Å². The summed E-state index contributed by atoms with van der Waals surface area (Å²) in [6, 6.07) is 4.00. The molecule has 2 rings (SSSR count). The minimum Gasteiger partial charge on any atom is -0.495 e. The molecule has 0 aromatic heterocycles. The van der Waals surface area contributed by atoms with Gasteiger partial charge in [-0.2, -0.15) is 0 Å². The largest absolute Gasteiger partial charge is 0.495 e. The van der Waals surface area contributed by atoms with Crippen LogP contribution in [0.1, 0.15) is 30.1 Å². The van der Waals surface area contributed by atoms with Gasteiger partial charge in [0.25, 0.3) is 5.91 Å². The highest BCUT2D eigenvalue weighted by molar-refractivity contribution is 7.89. The van der Waals surface area contributed by atoms with Gasteiger partial charge in [-0.05, 0) is 43.9 Å². The number of amides is 1. The van der Waals surface area contributed by atoms with Crippen molar-refractivity contribution >= 4 is 21.9 Å². The van der Waals surface area contributed by atoms with Crippen LogP contribution in [0, 0.1) is 5.92 Å². The molecule has 0 heterocycles. The minimum absolute atomic E-state index is 0.0225. The first-order valence-electron chi connectivity index (χ1n) is 8.24. The molecule has 1 amide bonds. The number of esters is 1. The molecule has 144 valence electrons. The second-order valence-electron chi connectivity index (χ2n) is 6.42. The van der Waals surface area contributed by atoms with Crippen LogP contribution >= 0.6 is 0 Å². The van der Waals surface area contributed by atoms with E-state index >= 15 is 0 Å². The summed E-state index contributed by atoms with van der Waals surface area (Å²) in [6.07, 6.45) is 2.19. The van der Waals surface area contributed by atoms with Gasteiger partial charge in [0.15, 0.2) is 6.61 Å². The second kappa shape index (κ2) is 8.05. The minimum atomic E-state index is -3.80. The summed E-state index contributed by atoms with van der Waals surface area (Å²) < 4.78 is 35.8. The first kappa shape index (κ1) is 20.2. The van der Waals surface area contributed by atoms with Crippen LogP contribution in [-0.2, 0) is 19.6 Å². The monoisotopic (exact) mass is 384 g/mol. The number of rotatable bonds is 8. The first-order chi connectivity index (χ1) is 12.2. The Morgan fingerprint density at radius 2 is 1.96 bits per heavy atom. The van der Waals surface area contributed by atoms with Crippen molar-refractivity contribution in [3.63, 3.8) is 0 Å². The number of carbonyl (C=O) groups is 2. The molecule has 1 N–H and O–H groups in total. The van der Waals surface area contributed by atoms with Gasteiger partial charge in [0.1, 0.15) is 10.6 Å². The Morgan fingerprint density at radius 3 is 2.50 bits per heavy atom.